The van der Waals surface area contributed by atoms with Crippen LogP contribution in [0.4, 0.5) is 0 Å². The van der Waals surface area contributed by atoms with Crippen molar-refractivity contribution >= 4 is 0 Å². The van der Waals surface area contributed by atoms with Crippen molar-refractivity contribution in [3.8, 4) is 0 Å². The molecule has 0 bridgehead atoms. The first-order valence-corrected chi connectivity index (χ1v) is 18.5. The Kier molecular flexibility index (Phi) is 8.71. The van der Waals surface area contributed by atoms with E-state index >= 15 is 0 Å². The predicted molar refractivity (Wildman–Crippen MR) is 189 cm³/mol. The minimum absolute atomic E-state index is 0.215. The van der Waals surface area contributed by atoms with Crippen molar-refractivity contribution in [1.29, 1.82) is 0 Å². The van der Waals surface area contributed by atoms with Gasteiger partial charge in [-0.25, -0.2) is 0 Å². The van der Waals surface area contributed by atoms with Gasteiger partial charge >= 0.3 is 0 Å². The largest absolute Gasteiger partial charge is 0.327 e. The minimum Gasteiger partial charge on any atom is -0.327 e. The van der Waals surface area contributed by atoms with Gasteiger partial charge in [0.15, 0.2) is 0 Å². The van der Waals surface area contributed by atoms with E-state index in [-0.39, 0.29) is 11.5 Å². The lowest BCUT2D eigenvalue weighted by atomic mass is 9.48. The molecule has 3 N–H and O–H groups in total. The Balaban J connectivity index is 1.11. The van der Waals surface area contributed by atoms with E-state index in [4.69, 9.17) is 5.73 Å². The zero-order valence-corrected chi connectivity index (χ0v) is 29.6. The minimum atomic E-state index is 0.215. The first-order valence-electron chi connectivity index (χ1n) is 18.5. The molecule has 0 amide bonds. The smallest absolute Gasteiger partial charge is 0.0170 e. The molecule has 0 aromatic heterocycles. The normalized spacial score (nSPS) is 35.5. The van der Waals surface area contributed by atoms with E-state index in [9.17, 15) is 0 Å². The van der Waals surface area contributed by atoms with Crippen molar-refractivity contribution in [2.75, 3.05) is 13.1 Å². The van der Waals surface area contributed by atoms with Crippen LogP contribution in [0.1, 0.15) is 158 Å². The highest BCUT2D eigenvalue weighted by atomic mass is 14.9. The highest BCUT2D eigenvalue weighted by Gasteiger charge is 2.53. The van der Waals surface area contributed by atoms with Crippen LogP contribution in [0.5, 0.6) is 0 Å². The van der Waals surface area contributed by atoms with Crippen LogP contribution >= 0.6 is 0 Å². The zero-order valence-electron chi connectivity index (χ0n) is 29.6. The van der Waals surface area contributed by atoms with Gasteiger partial charge in [-0.15, -0.1) is 0 Å². The molecular weight excluding hydrogens is 532 g/mol. The van der Waals surface area contributed by atoms with Gasteiger partial charge in [-0.3, -0.25) is 0 Å². The van der Waals surface area contributed by atoms with Gasteiger partial charge in [0.25, 0.3) is 0 Å². The molecule has 1 unspecified atom stereocenters. The van der Waals surface area contributed by atoms with Crippen molar-refractivity contribution in [1.82, 2.24) is 5.32 Å². The van der Waals surface area contributed by atoms with Crippen LogP contribution < -0.4 is 11.1 Å². The summed E-state index contributed by atoms with van der Waals surface area (Å²) in [6, 6.07) is 15.1. The number of nitrogens with two attached hydrogens (primary N) is 1. The van der Waals surface area contributed by atoms with Gasteiger partial charge in [0, 0.05) is 19.1 Å². The fourth-order valence-corrected chi connectivity index (χ4v) is 11.7. The lowest BCUT2D eigenvalue weighted by Gasteiger charge is -2.56. The van der Waals surface area contributed by atoms with Crippen LogP contribution in [0.2, 0.25) is 0 Å². The van der Waals surface area contributed by atoms with Gasteiger partial charge in [-0.1, -0.05) is 105 Å². The molecule has 2 heteroatoms. The summed E-state index contributed by atoms with van der Waals surface area (Å²) in [6.07, 6.45) is 14.3. The van der Waals surface area contributed by atoms with E-state index in [1.165, 1.54) is 75.3 Å². The highest BCUT2D eigenvalue weighted by Crippen LogP contribution is 2.59. The number of benzene rings is 2. The quantitative estimate of drug-likeness (QED) is 0.318. The van der Waals surface area contributed by atoms with Crippen LogP contribution in [-0.4, -0.2) is 19.1 Å². The molecule has 2 aromatic rings. The molecular formula is C42H64N2. The second-order valence-electron chi connectivity index (χ2n) is 17.8. The number of hydrogen-bond donors (Lipinski definition) is 2. The Morgan fingerprint density at radius 2 is 1.18 bits per heavy atom. The summed E-state index contributed by atoms with van der Waals surface area (Å²) < 4.78 is 0. The van der Waals surface area contributed by atoms with Crippen molar-refractivity contribution in [2.24, 2.45) is 28.4 Å². The van der Waals surface area contributed by atoms with Crippen LogP contribution in [0.3, 0.4) is 0 Å². The average Bonchev–Trinajstić information content (AvgIpc) is 2.96. The first-order chi connectivity index (χ1) is 20.8. The lowest BCUT2D eigenvalue weighted by Crippen LogP contribution is -2.54. The summed E-state index contributed by atoms with van der Waals surface area (Å²) in [5, 5.41) is 3.99. The second-order valence-corrected chi connectivity index (χ2v) is 17.8. The van der Waals surface area contributed by atoms with Crippen molar-refractivity contribution in [3.05, 3.63) is 69.8 Å². The van der Waals surface area contributed by atoms with E-state index in [2.05, 4.69) is 97.1 Å². The fourth-order valence-electron chi connectivity index (χ4n) is 11.7. The topological polar surface area (TPSA) is 38.0 Å². The maximum absolute atomic E-state index is 7.06. The monoisotopic (exact) mass is 597 g/mol. The van der Waals surface area contributed by atoms with Crippen molar-refractivity contribution in [3.63, 3.8) is 0 Å². The number of rotatable bonds is 8. The molecule has 6 rings (SSSR count). The fraction of sp³-hybridized carbons (Fsp3) is 0.714. The van der Waals surface area contributed by atoms with Gasteiger partial charge in [0.1, 0.15) is 0 Å². The Labute approximate surface area is 270 Å². The Morgan fingerprint density at radius 1 is 0.705 bits per heavy atom. The van der Waals surface area contributed by atoms with Gasteiger partial charge in [0.05, 0.1) is 0 Å². The molecule has 44 heavy (non-hydrogen) atoms. The van der Waals surface area contributed by atoms with E-state index < -0.39 is 0 Å². The summed E-state index contributed by atoms with van der Waals surface area (Å²) >= 11 is 0. The summed E-state index contributed by atoms with van der Waals surface area (Å²) in [5.41, 5.74) is 17.9. The van der Waals surface area contributed by atoms with E-state index in [0.717, 1.165) is 31.3 Å². The molecule has 0 aliphatic heterocycles. The van der Waals surface area contributed by atoms with Gasteiger partial charge in [0.2, 0.25) is 0 Å². The Bertz CT molecular complexity index is 1340. The van der Waals surface area contributed by atoms with E-state index in [1.807, 2.05) is 0 Å². The van der Waals surface area contributed by atoms with Crippen molar-refractivity contribution < 1.29 is 0 Å². The molecule has 4 aliphatic rings. The highest BCUT2D eigenvalue weighted by molar-refractivity contribution is 5.43. The first kappa shape index (κ1) is 32.3. The standard InChI is InChI=1S/C42H64N2/c1-28(2)30-11-15-35-32(23-30)13-17-37-39(5,19-9-21-41(35,37)7)25-34(43)26-44-27-40(6)20-10-22-42(8)36-16-12-31(29(3)4)24-33(36)14-18-38(40)42/h11-12,15-16,23-24,28-29,34,37-38,44H,9-10,13-14,17-22,25-27,43H2,1-8H3/t34?,37-,38+,39-,40+,41-,42-/m1/s1. The average molecular weight is 597 g/mol. The summed E-state index contributed by atoms with van der Waals surface area (Å²) in [4.78, 5) is 0. The summed E-state index contributed by atoms with van der Waals surface area (Å²) in [6.45, 7) is 21.7. The maximum Gasteiger partial charge on any atom is 0.0170 e. The Morgan fingerprint density at radius 3 is 1.68 bits per heavy atom. The predicted octanol–water partition coefficient (Wildman–Crippen LogP) is 9.96. The van der Waals surface area contributed by atoms with Crippen LogP contribution in [-0.2, 0) is 23.7 Å². The molecule has 2 fully saturated rings. The van der Waals surface area contributed by atoms with Crippen LogP contribution in [0.25, 0.3) is 0 Å². The van der Waals surface area contributed by atoms with Gasteiger partial charge < -0.3 is 11.1 Å². The number of aryl methyl sites for hydroxylation is 2. The van der Waals surface area contributed by atoms with Gasteiger partial charge in [-0.2, -0.15) is 0 Å². The molecule has 2 saturated carbocycles. The summed E-state index contributed by atoms with van der Waals surface area (Å²) in [5.74, 6) is 2.67. The summed E-state index contributed by atoms with van der Waals surface area (Å²) in [7, 11) is 0. The Hall–Kier alpha value is -1.64. The number of fused-ring (bicyclic) bond motifs is 6. The zero-order chi connectivity index (χ0) is 31.5. The molecule has 0 spiro atoms. The molecule has 0 saturated heterocycles. The third-order valence-corrected chi connectivity index (χ3v) is 14.0. The SMILES string of the molecule is CC(C)c1ccc2c(c1)CC[C@@H]1[C@@](C)(CC(N)CNC[C@]3(C)CCC[C@]4(C)c5ccc(C(C)C)cc5CC[C@@H]34)CCC[C@]21C. The van der Waals surface area contributed by atoms with Crippen molar-refractivity contribution in [2.45, 2.75) is 155 Å². The third-order valence-electron chi connectivity index (χ3n) is 14.0. The molecule has 242 valence electrons. The maximum atomic E-state index is 7.06. The molecule has 7 atom stereocenters. The van der Waals surface area contributed by atoms with E-state index in [0.29, 0.717) is 28.1 Å². The number of nitrogens with one attached hydrogen (secondary N) is 1. The molecule has 2 nitrogen and oxygen atoms in total. The van der Waals surface area contributed by atoms with E-state index in [1.54, 1.807) is 22.3 Å². The van der Waals surface area contributed by atoms with Crippen LogP contribution in [0.15, 0.2) is 36.4 Å². The second kappa shape index (κ2) is 11.9. The van der Waals surface area contributed by atoms with Gasteiger partial charge in [-0.05, 0) is 136 Å². The lowest BCUT2D eigenvalue weighted by molar-refractivity contribution is 0.0114. The molecule has 2 aromatic carbocycles. The molecule has 4 aliphatic carbocycles. The molecule has 0 radical (unpaired) electrons. The third kappa shape index (κ3) is 5.53. The number of hydrogen-bond acceptors (Lipinski definition) is 2. The molecule has 0 heterocycles. The van der Waals surface area contributed by atoms with Crippen LogP contribution in [0, 0.1) is 22.7 Å².